The molecule has 1 aromatic carbocycles. The Labute approximate surface area is 158 Å². The summed E-state index contributed by atoms with van der Waals surface area (Å²) in [6.45, 7) is 5.08. The Hall–Kier alpha value is -2.67. The molecule has 2 N–H and O–H groups in total. The second-order valence-electron chi connectivity index (χ2n) is 7.00. The number of carbonyl (C=O) groups excluding carboxylic acids is 1. The highest BCUT2D eigenvalue weighted by Gasteiger charge is 2.30. The van der Waals surface area contributed by atoms with E-state index in [-0.39, 0.29) is 18.4 Å². The molecule has 1 aliphatic rings. The number of carboxylic acids is 1. The number of benzene rings is 1. The van der Waals surface area contributed by atoms with Gasteiger partial charge in [-0.2, -0.15) is 5.10 Å². The third kappa shape index (κ3) is 4.36. The standard InChI is InChI=1S/C20H25N3O4/c1-13-4-3-5-16(10-13)23-14(2)17(12-22-23)19(24)21-11-18(20(25)26)15-6-8-27-9-7-15/h3-5,10,12,15,18H,6-9,11H2,1-2H3,(H,21,24)(H,25,26). The van der Waals surface area contributed by atoms with Crippen LogP contribution in [-0.2, 0) is 9.53 Å². The molecule has 1 unspecified atom stereocenters. The summed E-state index contributed by atoms with van der Waals surface area (Å²) in [5.74, 6) is -1.77. The number of carboxylic acid groups (broad SMARTS) is 1. The van der Waals surface area contributed by atoms with Gasteiger partial charge >= 0.3 is 5.97 Å². The lowest BCUT2D eigenvalue weighted by Crippen LogP contribution is -2.39. The largest absolute Gasteiger partial charge is 0.481 e. The molecule has 0 saturated carbocycles. The predicted molar refractivity (Wildman–Crippen MR) is 100 cm³/mol. The minimum atomic E-state index is -0.880. The van der Waals surface area contributed by atoms with E-state index in [0.29, 0.717) is 31.6 Å². The molecule has 2 aromatic rings. The average Bonchev–Trinajstić information content (AvgIpc) is 3.04. The molecule has 1 atom stereocenters. The zero-order valence-electron chi connectivity index (χ0n) is 15.6. The van der Waals surface area contributed by atoms with Gasteiger partial charge in [-0.1, -0.05) is 12.1 Å². The van der Waals surface area contributed by atoms with Crippen molar-refractivity contribution in [3.05, 3.63) is 47.3 Å². The third-order valence-corrected chi connectivity index (χ3v) is 5.14. The van der Waals surface area contributed by atoms with Crippen LogP contribution >= 0.6 is 0 Å². The molecule has 0 bridgehead atoms. The molecule has 0 spiro atoms. The fourth-order valence-corrected chi connectivity index (χ4v) is 3.52. The molecule has 0 aliphatic carbocycles. The molecule has 3 rings (SSSR count). The van der Waals surface area contributed by atoms with Gasteiger partial charge in [-0.05, 0) is 50.3 Å². The second-order valence-corrected chi connectivity index (χ2v) is 7.00. The van der Waals surface area contributed by atoms with E-state index in [1.807, 2.05) is 38.1 Å². The number of aliphatic carboxylic acids is 1. The van der Waals surface area contributed by atoms with Gasteiger partial charge in [0.25, 0.3) is 5.91 Å². The normalized spacial score (nSPS) is 16.1. The quantitative estimate of drug-likeness (QED) is 0.813. The fraction of sp³-hybridized carbons (Fsp3) is 0.450. The van der Waals surface area contributed by atoms with Crippen molar-refractivity contribution in [3.8, 4) is 5.69 Å². The van der Waals surface area contributed by atoms with E-state index in [4.69, 9.17) is 4.74 Å². The van der Waals surface area contributed by atoms with Gasteiger partial charge < -0.3 is 15.2 Å². The number of ether oxygens (including phenoxy) is 1. The van der Waals surface area contributed by atoms with Crippen molar-refractivity contribution in [2.24, 2.45) is 11.8 Å². The van der Waals surface area contributed by atoms with Crippen LogP contribution in [0.4, 0.5) is 0 Å². The first kappa shape index (κ1) is 19.1. The molecule has 2 heterocycles. The van der Waals surface area contributed by atoms with Gasteiger partial charge in [-0.25, -0.2) is 4.68 Å². The number of aryl methyl sites for hydroxylation is 1. The van der Waals surface area contributed by atoms with Gasteiger partial charge in [0.05, 0.1) is 29.1 Å². The highest BCUT2D eigenvalue weighted by Crippen LogP contribution is 2.24. The van der Waals surface area contributed by atoms with Crippen molar-refractivity contribution >= 4 is 11.9 Å². The molecule has 7 heteroatoms. The van der Waals surface area contributed by atoms with Crippen LogP contribution in [-0.4, -0.2) is 46.5 Å². The lowest BCUT2D eigenvalue weighted by Gasteiger charge is -2.27. The van der Waals surface area contributed by atoms with E-state index in [0.717, 1.165) is 16.9 Å². The Kier molecular flexibility index (Phi) is 5.91. The number of aromatic nitrogens is 2. The number of rotatable bonds is 6. The maximum Gasteiger partial charge on any atom is 0.308 e. The molecule has 144 valence electrons. The highest BCUT2D eigenvalue weighted by atomic mass is 16.5. The topological polar surface area (TPSA) is 93.5 Å². The van der Waals surface area contributed by atoms with E-state index in [2.05, 4.69) is 10.4 Å². The first-order valence-electron chi connectivity index (χ1n) is 9.17. The predicted octanol–water partition coefficient (Wildman–Crippen LogP) is 2.35. The zero-order chi connectivity index (χ0) is 19.4. The Balaban J connectivity index is 1.70. The Morgan fingerprint density at radius 3 is 2.74 bits per heavy atom. The summed E-state index contributed by atoms with van der Waals surface area (Å²) in [4.78, 5) is 24.2. The van der Waals surface area contributed by atoms with Crippen LogP contribution in [0.3, 0.4) is 0 Å². The summed E-state index contributed by atoms with van der Waals surface area (Å²) in [5, 5.41) is 16.6. The van der Waals surface area contributed by atoms with E-state index in [1.54, 1.807) is 4.68 Å². The lowest BCUT2D eigenvalue weighted by atomic mass is 9.86. The second kappa shape index (κ2) is 8.35. The molecular weight excluding hydrogens is 346 g/mol. The summed E-state index contributed by atoms with van der Waals surface area (Å²) >= 11 is 0. The Bertz CT molecular complexity index is 824. The summed E-state index contributed by atoms with van der Waals surface area (Å²) in [5.41, 5.74) is 3.16. The number of hydrogen-bond acceptors (Lipinski definition) is 4. The minimum absolute atomic E-state index is 0.0210. The lowest BCUT2D eigenvalue weighted by molar-refractivity contribution is -0.144. The van der Waals surface area contributed by atoms with Crippen molar-refractivity contribution in [2.75, 3.05) is 19.8 Å². The molecule has 27 heavy (non-hydrogen) atoms. The molecule has 1 aromatic heterocycles. The number of amides is 1. The van der Waals surface area contributed by atoms with Crippen molar-refractivity contribution in [1.82, 2.24) is 15.1 Å². The summed E-state index contributed by atoms with van der Waals surface area (Å²) in [7, 11) is 0. The van der Waals surface area contributed by atoms with E-state index >= 15 is 0 Å². The van der Waals surface area contributed by atoms with Crippen molar-refractivity contribution in [3.63, 3.8) is 0 Å². The van der Waals surface area contributed by atoms with Crippen LogP contribution in [0.25, 0.3) is 5.69 Å². The van der Waals surface area contributed by atoms with Gasteiger partial charge in [-0.15, -0.1) is 0 Å². The Morgan fingerprint density at radius 2 is 2.07 bits per heavy atom. The molecule has 1 fully saturated rings. The van der Waals surface area contributed by atoms with E-state index < -0.39 is 11.9 Å². The van der Waals surface area contributed by atoms with Crippen molar-refractivity contribution in [1.29, 1.82) is 0 Å². The third-order valence-electron chi connectivity index (χ3n) is 5.14. The van der Waals surface area contributed by atoms with Crippen molar-refractivity contribution < 1.29 is 19.4 Å². The molecular formula is C20H25N3O4. The van der Waals surface area contributed by atoms with Crippen LogP contribution in [0, 0.1) is 25.7 Å². The molecule has 7 nitrogen and oxygen atoms in total. The summed E-state index contributed by atoms with van der Waals surface area (Å²) in [6, 6.07) is 7.86. The van der Waals surface area contributed by atoms with Crippen LogP contribution in [0.5, 0.6) is 0 Å². The number of hydrogen-bond donors (Lipinski definition) is 2. The van der Waals surface area contributed by atoms with E-state index in [9.17, 15) is 14.7 Å². The zero-order valence-corrected chi connectivity index (χ0v) is 15.6. The minimum Gasteiger partial charge on any atom is -0.481 e. The monoisotopic (exact) mass is 371 g/mol. The molecule has 1 aliphatic heterocycles. The van der Waals surface area contributed by atoms with Crippen LogP contribution in [0.2, 0.25) is 0 Å². The van der Waals surface area contributed by atoms with Crippen LogP contribution < -0.4 is 5.32 Å². The van der Waals surface area contributed by atoms with Crippen molar-refractivity contribution in [2.45, 2.75) is 26.7 Å². The number of nitrogens with zero attached hydrogens (tertiary/aromatic N) is 2. The summed E-state index contributed by atoms with van der Waals surface area (Å²) in [6.07, 6.45) is 2.94. The molecule has 1 saturated heterocycles. The average molecular weight is 371 g/mol. The van der Waals surface area contributed by atoms with E-state index in [1.165, 1.54) is 6.20 Å². The van der Waals surface area contributed by atoms with Gasteiger partial charge in [0.15, 0.2) is 0 Å². The smallest absolute Gasteiger partial charge is 0.308 e. The highest BCUT2D eigenvalue weighted by molar-refractivity contribution is 5.95. The van der Waals surface area contributed by atoms with Gasteiger partial charge in [-0.3, -0.25) is 9.59 Å². The van der Waals surface area contributed by atoms with Crippen LogP contribution in [0.1, 0.15) is 34.5 Å². The van der Waals surface area contributed by atoms with Gasteiger partial charge in [0, 0.05) is 19.8 Å². The molecule has 0 radical (unpaired) electrons. The first-order chi connectivity index (χ1) is 13.0. The number of carbonyl (C=O) groups is 2. The maximum atomic E-state index is 12.6. The molecule has 1 amide bonds. The maximum absolute atomic E-state index is 12.6. The van der Waals surface area contributed by atoms with Crippen LogP contribution in [0.15, 0.2) is 30.5 Å². The SMILES string of the molecule is Cc1cccc(-n2ncc(C(=O)NCC(C(=O)O)C3CCOCC3)c2C)c1. The first-order valence-corrected chi connectivity index (χ1v) is 9.17. The summed E-state index contributed by atoms with van der Waals surface area (Å²) < 4.78 is 7.02. The fourth-order valence-electron chi connectivity index (χ4n) is 3.52. The number of nitrogens with one attached hydrogen (secondary N) is 1. The Morgan fingerprint density at radius 1 is 1.33 bits per heavy atom. The van der Waals surface area contributed by atoms with Gasteiger partial charge in [0.1, 0.15) is 0 Å². The van der Waals surface area contributed by atoms with Gasteiger partial charge in [0.2, 0.25) is 0 Å².